The van der Waals surface area contributed by atoms with Crippen molar-refractivity contribution in [2.45, 2.75) is 6.42 Å². The van der Waals surface area contributed by atoms with Crippen LogP contribution in [0.25, 0.3) is 0 Å². The van der Waals surface area contributed by atoms with Crippen molar-refractivity contribution < 1.29 is 13.2 Å². The predicted molar refractivity (Wildman–Crippen MR) is 69.3 cm³/mol. The Balaban J connectivity index is 2.15. The highest BCUT2D eigenvalue weighted by Gasteiger charge is 2.33. The molecule has 1 fully saturated rings. The van der Waals surface area contributed by atoms with E-state index in [4.69, 9.17) is 22.3 Å². The molecule has 1 aliphatic rings. The van der Waals surface area contributed by atoms with Gasteiger partial charge in [0.25, 0.3) is 0 Å². The lowest BCUT2D eigenvalue weighted by atomic mass is 10.1. The molecule has 0 aliphatic carbocycles. The molecule has 0 N–H and O–H groups in total. The van der Waals surface area contributed by atoms with Gasteiger partial charge < -0.3 is 0 Å². The van der Waals surface area contributed by atoms with Crippen LogP contribution >= 0.6 is 22.3 Å². The number of halogens is 2. The van der Waals surface area contributed by atoms with Gasteiger partial charge in [-0.25, -0.2) is 13.4 Å². The van der Waals surface area contributed by atoms with Crippen molar-refractivity contribution >= 4 is 43.1 Å². The van der Waals surface area contributed by atoms with E-state index in [1.165, 1.54) is 11.1 Å². The Bertz CT molecular complexity index is 576. The maximum atomic E-state index is 11.8. The maximum absolute atomic E-state index is 11.8. The van der Waals surface area contributed by atoms with Gasteiger partial charge in [0.05, 0.1) is 5.75 Å². The van der Waals surface area contributed by atoms with E-state index in [0.717, 1.165) is 0 Å². The minimum atomic E-state index is -3.60. The lowest BCUT2D eigenvalue weighted by Gasteiger charge is -2.15. The Kier molecular flexibility index (Phi) is 3.79. The van der Waals surface area contributed by atoms with E-state index >= 15 is 0 Å². The molecule has 1 aliphatic heterocycles. The molecule has 2 rings (SSSR count). The van der Waals surface area contributed by atoms with Crippen molar-refractivity contribution in [2.24, 2.45) is 5.92 Å². The van der Waals surface area contributed by atoms with Gasteiger partial charge in [0, 0.05) is 40.8 Å². The molecule has 0 radical (unpaired) electrons. The molecule has 0 spiro atoms. The second-order valence-corrected chi connectivity index (χ2v) is 7.37. The molecule has 1 amide bonds. The Hall–Kier alpha value is -0.850. The molecular formula is C10H10Cl2N2O3S. The molecule has 0 bridgehead atoms. The Labute approximate surface area is 114 Å². The van der Waals surface area contributed by atoms with Gasteiger partial charge in [-0.05, 0) is 12.1 Å². The van der Waals surface area contributed by atoms with E-state index < -0.39 is 9.05 Å². The fourth-order valence-corrected chi connectivity index (χ4v) is 3.41. The van der Waals surface area contributed by atoms with Crippen LogP contribution < -0.4 is 4.90 Å². The Morgan fingerprint density at radius 1 is 1.50 bits per heavy atom. The fourth-order valence-electron chi connectivity index (χ4n) is 1.94. The standard InChI is InChI=1S/C10H10Cl2N2O3S/c11-8-1-2-13-9(4-8)14-5-7(3-10(14)15)6-18(12,16)17/h1-2,4,7H,3,5-6H2. The largest absolute Gasteiger partial charge is 0.296 e. The van der Waals surface area contributed by atoms with Crippen molar-refractivity contribution in [3.05, 3.63) is 23.4 Å². The minimum Gasteiger partial charge on any atom is -0.296 e. The minimum absolute atomic E-state index is 0.153. The highest BCUT2D eigenvalue weighted by Crippen LogP contribution is 2.26. The van der Waals surface area contributed by atoms with Gasteiger partial charge in [0.2, 0.25) is 15.0 Å². The summed E-state index contributed by atoms with van der Waals surface area (Å²) in [5, 5.41) is 0.473. The summed E-state index contributed by atoms with van der Waals surface area (Å²) in [4.78, 5) is 17.3. The van der Waals surface area contributed by atoms with Crippen molar-refractivity contribution in [3.8, 4) is 0 Å². The van der Waals surface area contributed by atoms with Crippen LogP contribution in [-0.4, -0.2) is 31.6 Å². The summed E-state index contributed by atoms with van der Waals surface area (Å²) >= 11 is 5.82. The summed E-state index contributed by atoms with van der Waals surface area (Å²) in [6, 6.07) is 3.17. The highest BCUT2D eigenvalue weighted by molar-refractivity contribution is 8.13. The molecule has 0 saturated carbocycles. The number of hydrogen-bond donors (Lipinski definition) is 0. The van der Waals surface area contributed by atoms with Crippen molar-refractivity contribution in [3.63, 3.8) is 0 Å². The first kappa shape index (κ1) is 13.6. The van der Waals surface area contributed by atoms with Gasteiger partial charge in [-0.1, -0.05) is 11.6 Å². The number of carbonyl (C=O) groups excluding carboxylic acids is 1. The summed E-state index contributed by atoms with van der Waals surface area (Å²) in [5.41, 5.74) is 0. The molecule has 98 valence electrons. The number of carbonyl (C=O) groups is 1. The van der Waals surface area contributed by atoms with Crippen molar-refractivity contribution in [2.75, 3.05) is 17.2 Å². The normalized spacial score (nSPS) is 20.4. The Morgan fingerprint density at radius 2 is 2.22 bits per heavy atom. The molecule has 1 aromatic rings. The topological polar surface area (TPSA) is 67.3 Å². The number of nitrogens with zero attached hydrogens (tertiary/aromatic N) is 2. The first-order valence-corrected chi connectivity index (χ1v) is 8.05. The highest BCUT2D eigenvalue weighted by atomic mass is 35.7. The first-order valence-electron chi connectivity index (χ1n) is 5.19. The average molecular weight is 309 g/mol. The smallest absolute Gasteiger partial charge is 0.232 e. The zero-order valence-electron chi connectivity index (χ0n) is 9.21. The summed E-state index contributed by atoms with van der Waals surface area (Å²) in [5.74, 6) is -0.255. The van der Waals surface area contributed by atoms with E-state index in [1.807, 2.05) is 0 Å². The van der Waals surface area contributed by atoms with Gasteiger partial charge in [0.15, 0.2) is 0 Å². The second-order valence-electron chi connectivity index (χ2n) is 4.11. The molecule has 1 unspecified atom stereocenters. The van der Waals surface area contributed by atoms with Gasteiger partial charge in [0.1, 0.15) is 5.82 Å². The predicted octanol–water partition coefficient (Wildman–Crippen LogP) is 1.66. The van der Waals surface area contributed by atoms with Crippen LogP contribution in [0.4, 0.5) is 5.82 Å². The molecule has 1 aromatic heterocycles. The van der Waals surface area contributed by atoms with E-state index in [1.54, 1.807) is 12.1 Å². The van der Waals surface area contributed by atoms with Crippen molar-refractivity contribution in [1.29, 1.82) is 0 Å². The maximum Gasteiger partial charge on any atom is 0.232 e. The summed E-state index contributed by atoms with van der Waals surface area (Å²) in [6.07, 6.45) is 1.65. The monoisotopic (exact) mass is 308 g/mol. The molecule has 5 nitrogen and oxygen atoms in total. The van der Waals surface area contributed by atoms with Crippen LogP contribution in [0, 0.1) is 5.92 Å². The summed E-state index contributed by atoms with van der Waals surface area (Å²) in [6.45, 7) is 0.290. The number of amides is 1. The summed E-state index contributed by atoms with van der Waals surface area (Å²) < 4.78 is 22.0. The van der Waals surface area contributed by atoms with Crippen molar-refractivity contribution in [1.82, 2.24) is 4.98 Å². The average Bonchev–Trinajstić information content (AvgIpc) is 2.56. The second kappa shape index (κ2) is 5.03. The van der Waals surface area contributed by atoms with Gasteiger partial charge in [-0.2, -0.15) is 0 Å². The Morgan fingerprint density at radius 3 is 2.83 bits per heavy atom. The third-order valence-electron chi connectivity index (χ3n) is 2.62. The quantitative estimate of drug-likeness (QED) is 0.796. The third kappa shape index (κ3) is 3.34. The molecule has 8 heteroatoms. The molecule has 2 heterocycles. The lowest BCUT2D eigenvalue weighted by molar-refractivity contribution is -0.117. The van der Waals surface area contributed by atoms with E-state index in [0.29, 0.717) is 10.8 Å². The number of pyridine rings is 1. The van der Waals surface area contributed by atoms with Crippen LogP contribution in [0.15, 0.2) is 18.3 Å². The van der Waals surface area contributed by atoms with E-state index in [9.17, 15) is 13.2 Å². The first-order chi connectivity index (χ1) is 8.35. The zero-order chi connectivity index (χ0) is 13.3. The SMILES string of the molecule is O=C1CC(CS(=O)(=O)Cl)CN1c1cc(Cl)ccn1. The van der Waals surface area contributed by atoms with Gasteiger partial charge >= 0.3 is 0 Å². The third-order valence-corrected chi connectivity index (χ3v) is 4.11. The number of hydrogen-bond acceptors (Lipinski definition) is 4. The molecule has 18 heavy (non-hydrogen) atoms. The van der Waals surface area contributed by atoms with E-state index in [2.05, 4.69) is 4.98 Å². The van der Waals surface area contributed by atoms with Crippen LogP contribution in [-0.2, 0) is 13.8 Å². The van der Waals surface area contributed by atoms with E-state index in [-0.39, 0.29) is 30.5 Å². The lowest BCUT2D eigenvalue weighted by Crippen LogP contribution is -2.26. The number of rotatable bonds is 3. The molecular weight excluding hydrogens is 299 g/mol. The number of anilines is 1. The molecule has 1 atom stereocenters. The molecule has 0 aromatic carbocycles. The fraction of sp³-hybridized carbons (Fsp3) is 0.400. The van der Waals surface area contributed by atoms with Gasteiger partial charge in [-0.3, -0.25) is 9.69 Å². The summed E-state index contributed by atoms with van der Waals surface area (Å²) in [7, 11) is 1.59. The van der Waals surface area contributed by atoms with Crippen LogP contribution in [0.1, 0.15) is 6.42 Å². The zero-order valence-corrected chi connectivity index (χ0v) is 11.5. The van der Waals surface area contributed by atoms with Crippen LogP contribution in [0.2, 0.25) is 5.02 Å². The van der Waals surface area contributed by atoms with Crippen LogP contribution in [0.5, 0.6) is 0 Å². The van der Waals surface area contributed by atoms with Crippen LogP contribution in [0.3, 0.4) is 0 Å². The molecule has 1 saturated heterocycles. The number of aromatic nitrogens is 1. The van der Waals surface area contributed by atoms with Gasteiger partial charge in [-0.15, -0.1) is 0 Å².